The van der Waals surface area contributed by atoms with E-state index in [-0.39, 0.29) is 24.7 Å². The molecular formula is C22H19N3O4. The molecule has 0 radical (unpaired) electrons. The van der Waals surface area contributed by atoms with Gasteiger partial charge >= 0.3 is 5.97 Å². The van der Waals surface area contributed by atoms with E-state index in [4.69, 9.17) is 4.74 Å². The summed E-state index contributed by atoms with van der Waals surface area (Å²) in [6.45, 7) is 1.84. The van der Waals surface area contributed by atoms with E-state index < -0.39 is 17.6 Å². The van der Waals surface area contributed by atoms with Crippen LogP contribution in [0, 0.1) is 5.92 Å². The predicted octanol–water partition coefficient (Wildman–Crippen LogP) is 2.71. The zero-order valence-electron chi connectivity index (χ0n) is 15.8. The summed E-state index contributed by atoms with van der Waals surface area (Å²) in [6.07, 6.45) is 2.98. The summed E-state index contributed by atoms with van der Waals surface area (Å²) in [5.74, 6) is -2.09. The van der Waals surface area contributed by atoms with Gasteiger partial charge in [-0.25, -0.2) is 14.8 Å². The Labute approximate surface area is 167 Å². The maximum absolute atomic E-state index is 13.1. The molecule has 7 nitrogen and oxygen atoms in total. The van der Waals surface area contributed by atoms with Crippen LogP contribution in [-0.2, 0) is 16.0 Å². The average molecular weight is 389 g/mol. The monoisotopic (exact) mass is 389 g/mol. The lowest BCUT2D eigenvalue weighted by molar-refractivity contribution is -0.150. The lowest BCUT2D eigenvalue weighted by atomic mass is 9.89. The van der Waals surface area contributed by atoms with Gasteiger partial charge in [-0.05, 0) is 37.1 Å². The van der Waals surface area contributed by atoms with Crippen molar-refractivity contribution in [3.05, 3.63) is 65.2 Å². The van der Waals surface area contributed by atoms with Crippen molar-refractivity contribution >= 4 is 35.8 Å². The summed E-state index contributed by atoms with van der Waals surface area (Å²) in [4.78, 5) is 47.0. The summed E-state index contributed by atoms with van der Waals surface area (Å²) in [5, 5.41) is 2.84. The first kappa shape index (κ1) is 18.7. The number of hydrogen-bond acceptors (Lipinski definition) is 6. The van der Waals surface area contributed by atoms with E-state index in [9.17, 15) is 14.4 Å². The van der Waals surface area contributed by atoms with Gasteiger partial charge in [0.05, 0.1) is 12.5 Å². The summed E-state index contributed by atoms with van der Waals surface area (Å²) in [6, 6.07) is 14.1. The van der Waals surface area contributed by atoms with E-state index in [1.54, 1.807) is 37.3 Å². The van der Waals surface area contributed by atoms with Crippen LogP contribution in [0.1, 0.15) is 33.2 Å². The number of nitrogens with zero attached hydrogens (tertiary/aromatic N) is 2. The summed E-state index contributed by atoms with van der Waals surface area (Å²) >= 11 is 0. The van der Waals surface area contributed by atoms with Crippen LogP contribution in [-0.4, -0.2) is 42.4 Å². The fourth-order valence-corrected chi connectivity index (χ4v) is 3.77. The Morgan fingerprint density at radius 3 is 2.52 bits per heavy atom. The second kappa shape index (κ2) is 7.43. The smallest absolute Gasteiger partial charge is 0.357 e. The molecule has 0 fully saturated rings. The number of nitrogens with one attached hydrogen (secondary N) is 1. The number of amides is 1. The minimum atomic E-state index is -1.63. The normalized spacial score (nSPS) is 18.5. The van der Waals surface area contributed by atoms with E-state index in [0.717, 1.165) is 0 Å². The summed E-state index contributed by atoms with van der Waals surface area (Å²) in [5.41, 5.74) is 0.434. The van der Waals surface area contributed by atoms with E-state index in [1.165, 1.54) is 12.4 Å². The molecule has 2 aromatic rings. The van der Waals surface area contributed by atoms with Crippen molar-refractivity contribution in [1.29, 1.82) is 0 Å². The zero-order valence-corrected chi connectivity index (χ0v) is 15.8. The van der Waals surface area contributed by atoms with Crippen LogP contribution in [0.4, 0.5) is 5.69 Å². The molecular weight excluding hydrogens is 370 g/mol. The molecule has 0 saturated carbocycles. The van der Waals surface area contributed by atoms with Crippen LogP contribution >= 0.6 is 0 Å². The van der Waals surface area contributed by atoms with Crippen molar-refractivity contribution in [2.75, 3.05) is 11.9 Å². The Morgan fingerprint density at radius 2 is 1.83 bits per heavy atom. The minimum absolute atomic E-state index is 0.157. The second-order valence-electron chi connectivity index (χ2n) is 6.78. The standard InChI is InChI=1S/C22H19N3O4/c1-2-29-21(28)22(23-11-12-24-22)18-13-17-15(19(18)26)9-6-10-16(17)20(27)25-14-7-4-3-5-8-14/h3-12,18H,2,13H2,1H3,(H,25,27). The molecule has 1 atom stereocenters. The van der Waals surface area contributed by atoms with E-state index in [2.05, 4.69) is 15.3 Å². The van der Waals surface area contributed by atoms with E-state index in [0.29, 0.717) is 22.4 Å². The summed E-state index contributed by atoms with van der Waals surface area (Å²) < 4.78 is 5.15. The fraction of sp³-hybridized carbons (Fsp3) is 0.227. The summed E-state index contributed by atoms with van der Waals surface area (Å²) in [7, 11) is 0. The molecule has 7 heteroatoms. The Hall–Kier alpha value is -3.61. The van der Waals surface area contributed by atoms with Crippen LogP contribution in [0.25, 0.3) is 0 Å². The second-order valence-corrected chi connectivity index (χ2v) is 6.78. The molecule has 1 aliphatic carbocycles. The SMILES string of the molecule is CCOC(=O)C1(C2Cc3c(C(=O)Nc4ccccc4)cccc3C2=O)N=CC=N1. The molecule has 1 N–H and O–H groups in total. The average Bonchev–Trinajstić information content (AvgIpc) is 3.35. The molecule has 146 valence electrons. The number of anilines is 1. The zero-order chi connectivity index (χ0) is 20.4. The molecule has 1 amide bonds. The quantitative estimate of drug-likeness (QED) is 0.795. The number of esters is 1. The number of ether oxygens (including phenoxy) is 1. The third kappa shape index (κ3) is 3.14. The number of rotatable bonds is 5. The number of benzene rings is 2. The molecule has 1 aliphatic heterocycles. The number of Topliss-reactive ketones (excluding diaryl/α,β-unsaturated/α-hetero) is 1. The topological polar surface area (TPSA) is 97.2 Å². The van der Waals surface area contributed by atoms with Gasteiger partial charge in [-0.3, -0.25) is 9.59 Å². The van der Waals surface area contributed by atoms with Crippen LogP contribution in [0.5, 0.6) is 0 Å². The minimum Gasteiger partial charge on any atom is -0.463 e. The van der Waals surface area contributed by atoms with Gasteiger partial charge in [-0.15, -0.1) is 0 Å². The van der Waals surface area contributed by atoms with Crippen molar-refractivity contribution in [1.82, 2.24) is 0 Å². The van der Waals surface area contributed by atoms with Crippen molar-refractivity contribution in [3.8, 4) is 0 Å². The van der Waals surface area contributed by atoms with Crippen LogP contribution < -0.4 is 5.32 Å². The molecule has 0 aromatic heterocycles. The van der Waals surface area contributed by atoms with Crippen molar-refractivity contribution in [2.45, 2.75) is 19.0 Å². The molecule has 4 rings (SSSR count). The van der Waals surface area contributed by atoms with Crippen LogP contribution in [0.2, 0.25) is 0 Å². The Balaban J connectivity index is 1.68. The Morgan fingerprint density at radius 1 is 1.10 bits per heavy atom. The number of aliphatic imine (C=N–C) groups is 2. The number of carbonyl (C=O) groups is 3. The first-order chi connectivity index (χ1) is 14.1. The molecule has 1 unspecified atom stereocenters. The first-order valence-corrected chi connectivity index (χ1v) is 9.35. The highest BCUT2D eigenvalue weighted by Crippen LogP contribution is 2.40. The van der Waals surface area contributed by atoms with Gasteiger partial charge in [-0.1, -0.05) is 30.3 Å². The van der Waals surface area contributed by atoms with Gasteiger partial charge in [0.15, 0.2) is 5.78 Å². The van der Waals surface area contributed by atoms with Gasteiger partial charge in [0, 0.05) is 29.2 Å². The first-order valence-electron chi connectivity index (χ1n) is 9.35. The third-order valence-electron chi connectivity index (χ3n) is 5.11. The highest BCUT2D eigenvalue weighted by Gasteiger charge is 2.54. The van der Waals surface area contributed by atoms with E-state index >= 15 is 0 Å². The van der Waals surface area contributed by atoms with Gasteiger partial charge in [0.1, 0.15) is 0 Å². The van der Waals surface area contributed by atoms with Crippen LogP contribution in [0.3, 0.4) is 0 Å². The highest BCUT2D eigenvalue weighted by atomic mass is 16.5. The number of carbonyl (C=O) groups excluding carboxylic acids is 3. The number of fused-ring (bicyclic) bond motifs is 1. The number of para-hydroxylation sites is 1. The Kier molecular flexibility index (Phi) is 4.80. The maximum Gasteiger partial charge on any atom is 0.357 e. The van der Waals surface area contributed by atoms with Gasteiger partial charge in [-0.2, -0.15) is 0 Å². The molecule has 29 heavy (non-hydrogen) atoms. The third-order valence-corrected chi connectivity index (χ3v) is 5.11. The lowest BCUT2D eigenvalue weighted by Gasteiger charge is -2.26. The van der Waals surface area contributed by atoms with Crippen molar-refractivity contribution in [2.24, 2.45) is 15.9 Å². The van der Waals surface area contributed by atoms with Crippen molar-refractivity contribution in [3.63, 3.8) is 0 Å². The van der Waals surface area contributed by atoms with Gasteiger partial charge < -0.3 is 10.1 Å². The number of ketones is 1. The highest BCUT2D eigenvalue weighted by molar-refractivity contribution is 6.20. The molecule has 0 saturated heterocycles. The molecule has 0 spiro atoms. The molecule has 2 aromatic carbocycles. The Bertz CT molecular complexity index is 1030. The predicted molar refractivity (Wildman–Crippen MR) is 109 cm³/mol. The molecule has 1 heterocycles. The largest absolute Gasteiger partial charge is 0.463 e. The van der Waals surface area contributed by atoms with E-state index in [1.807, 2.05) is 18.2 Å². The molecule has 2 aliphatic rings. The number of hydrogen-bond donors (Lipinski definition) is 1. The van der Waals surface area contributed by atoms with Gasteiger partial charge in [0.2, 0.25) is 0 Å². The molecule has 0 bridgehead atoms. The lowest BCUT2D eigenvalue weighted by Crippen LogP contribution is -2.45. The maximum atomic E-state index is 13.1. The van der Waals surface area contributed by atoms with Gasteiger partial charge in [0.25, 0.3) is 11.6 Å². The van der Waals surface area contributed by atoms with Crippen LogP contribution in [0.15, 0.2) is 58.5 Å². The fourth-order valence-electron chi connectivity index (χ4n) is 3.77. The van der Waals surface area contributed by atoms with Crippen molar-refractivity contribution < 1.29 is 19.1 Å².